The van der Waals surface area contributed by atoms with Crippen LogP contribution < -0.4 is 121 Å². The summed E-state index contributed by atoms with van der Waals surface area (Å²) in [6.07, 6.45) is 33.2. The van der Waals surface area contributed by atoms with Crippen molar-refractivity contribution in [2.24, 2.45) is 0 Å². The number of pyridine rings is 4. The number of nitrogens with one attached hydrogen (secondary N) is 2. The largest absolute Gasteiger partial charge is 1.00 e. The molecule has 7 nitrogen and oxygen atoms in total. The smallest absolute Gasteiger partial charge is 1.00 e. The predicted molar refractivity (Wildman–Crippen MR) is 509 cm³/mol. The van der Waals surface area contributed by atoms with Gasteiger partial charge in [0, 0.05) is 112 Å². The second kappa shape index (κ2) is 50.9. The van der Waals surface area contributed by atoms with Gasteiger partial charge in [0.05, 0.1) is 10.9 Å². The van der Waals surface area contributed by atoms with Crippen LogP contribution in [0.5, 0.6) is 0 Å². The average molecular weight is 2170 g/mol. The number of aromatic nitrogens is 4. The first kappa shape index (κ1) is 116. The quantitative estimate of drug-likeness (QED) is 0.0230. The minimum absolute atomic E-state index is 0. The third-order valence-electron chi connectivity index (χ3n) is 19.9. The first-order chi connectivity index (χ1) is 60.2. The molecule has 2 aliphatic carbocycles. The van der Waals surface area contributed by atoms with E-state index in [1.165, 1.54) is 126 Å². The Labute approximate surface area is 839 Å². The van der Waals surface area contributed by atoms with E-state index in [4.69, 9.17) is 0 Å². The van der Waals surface area contributed by atoms with Crippen LogP contribution >= 0.6 is 46.4 Å². The van der Waals surface area contributed by atoms with Gasteiger partial charge >= 0.3 is 147 Å². The summed E-state index contributed by atoms with van der Waals surface area (Å²) in [7, 11) is -29.9. The Morgan fingerprint density at radius 2 is 0.841 bits per heavy atom. The minimum atomic E-state index is -10.7. The second-order valence-electron chi connectivity index (χ2n) is 29.5. The standard InChI is InChI=1S/C38H37N2.C26H24N2.2C12H14N.C10H9N.C2H5I.ClH.2F6P.F5P.FH.HI.K/c1-3-39-27-25-29(34-17-8-10-19-36(34)39)21-23-32-15-12-16-33(38(32)31-13-6-5-7-14-31)24-22-30-26-28-40(4-2)37-20-11-9-18-35(30)37;1-4-11-21(12-5-1)26-22(19-27-24-15-6-2-7-16-24)13-10-14-23(26)20-28-25-17-8-3-9-18-25;2*1-3-13-9-8-10(2)11-6-4-5-7-12(11)13;1-8-6-7-11-10-5-3-2-4-9(8)10;1-2-3;;2*1-7(2,3,4,5)6;1-6(2,3,4)5;;;/h5-11,13-14,17-28H,3-4,12,15-16H2,1-2H3;1-9,11-12,15-20,27H,10,13-14H2;2*4-9H,3H2,1-2H3;2-7H,1H3;2H2,1H3;1H;;;;2*1H;/q+1;;2*+1;;;;2*-1;;;;+1/p-2/b;22-19+,28-20?;;;;;;;;;;;. The summed E-state index contributed by atoms with van der Waals surface area (Å²) in [5.41, 5.74) is 27.1. The molecule has 0 saturated carbocycles. The fraction of sp³-hybridized carbons (Fsp3) is 0.190. The molecular weight excluding hydrogens is 2060 g/mol. The number of aryl methyl sites for hydroxylation is 6. The molecule has 0 saturated heterocycles. The van der Waals surface area contributed by atoms with E-state index >= 15 is 0 Å². The van der Waals surface area contributed by atoms with Crippen LogP contribution in [0, 0.1) is 20.8 Å². The van der Waals surface area contributed by atoms with Crippen molar-refractivity contribution in [2.45, 2.75) is 114 Å². The van der Waals surface area contributed by atoms with E-state index in [1.54, 1.807) is 0 Å². The summed E-state index contributed by atoms with van der Waals surface area (Å²) in [6.45, 7) is 21.2. The minimum Gasteiger partial charge on any atom is -1.00 e. The molecule has 0 atom stereocenters. The zero-order chi connectivity index (χ0) is 93.5. The molecule has 13 aromatic rings. The molecule has 9 aromatic carbocycles. The van der Waals surface area contributed by atoms with Gasteiger partial charge in [0.1, 0.15) is 19.6 Å². The van der Waals surface area contributed by atoms with Crippen LogP contribution in [0.4, 0.5) is 88.4 Å². The molecule has 5 heterocycles. The number of hydrogen-bond acceptors (Lipinski definition) is 3. The molecule has 702 valence electrons. The molecule has 4 aromatic heterocycles. The number of hydrogen-bond donors (Lipinski definition) is 2. The third kappa shape index (κ3) is 42.2. The summed E-state index contributed by atoms with van der Waals surface area (Å²) in [6, 6.07) is 93.6. The molecule has 3 aliphatic rings. The first-order valence-electron chi connectivity index (χ1n) is 41.4. The van der Waals surface area contributed by atoms with Gasteiger partial charge in [0.25, 0.3) is 0 Å². The van der Waals surface area contributed by atoms with Gasteiger partial charge in [-0.25, -0.2) is 4.99 Å². The van der Waals surface area contributed by atoms with E-state index in [0.717, 1.165) is 81.6 Å². The van der Waals surface area contributed by atoms with Crippen molar-refractivity contribution in [1.29, 1.82) is 0 Å². The van der Waals surface area contributed by atoms with Crippen molar-refractivity contribution in [3.63, 3.8) is 0 Å². The van der Waals surface area contributed by atoms with E-state index in [-0.39, 0.29) is 92.5 Å². The number of alkyl halides is 1. The van der Waals surface area contributed by atoms with E-state index < -0.39 is 23.8 Å². The molecule has 132 heavy (non-hydrogen) atoms. The Kier molecular flexibility index (Phi) is 44.6. The Morgan fingerprint density at radius 3 is 1.32 bits per heavy atom. The predicted octanol–water partition coefficient (Wildman–Crippen LogP) is 20.9. The third-order valence-corrected chi connectivity index (χ3v) is 19.9. The maximum atomic E-state index is 9.87. The van der Waals surface area contributed by atoms with Gasteiger partial charge in [-0.3, -0.25) is 4.98 Å². The summed E-state index contributed by atoms with van der Waals surface area (Å²) < 4.78 is 176. The molecule has 0 amide bonds. The van der Waals surface area contributed by atoms with Crippen LogP contribution in [0.3, 0.4) is 0 Å². The van der Waals surface area contributed by atoms with E-state index in [9.17, 15) is 71.3 Å². The second-order valence-corrected chi connectivity index (χ2v) is 36.1. The SMILES string of the molecule is C(=[NH+]c1ccccc1)C1=C(c2ccccc2)/C(=C/Nc2ccccc2)CCC1.CCI.CCN1C=C/C(=C/C=C2\CCCC(/C=C/c3cc[n+](CC)c4ccccc34)=C2c2ccccc2)c2ccccc21.CC[n+]1ccc(C)c2ccccc21.CC[n+]1ccc(C)c2ccccc21.Cc1ccnc2ccccc12.FP(F)(F)(F)F.F[P-](F)(F)(F)(F)F.F[P-](F)(F)(F)(F)F.[Cl-].[F-].[I-].[K+]. The maximum Gasteiger partial charge on any atom is 1.00 e. The maximum absolute atomic E-state index is 10.7. The van der Waals surface area contributed by atoms with E-state index in [0.29, 0.717) is 0 Å². The number of nitrogens with zero attached hydrogens (tertiary/aromatic N) is 5. The molecule has 0 spiro atoms. The summed E-state index contributed by atoms with van der Waals surface area (Å²) in [5.74, 6) is 0. The molecule has 0 radical (unpaired) electrons. The van der Waals surface area contributed by atoms with Crippen LogP contribution in [0.25, 0.3) is 66.4 Å². The Balaban J connectivity index is 0.000000344. The first-order valence-corrected chi connectivity index (χ1v) is 48.7. The van der Waals surface area contributed by atoms with Crippen LogP contribution in [-0.4, -0.2) is 22.2 Å². The van der Waals surface area contributed by atoms with Gasteiger partial charge in [-0.15, -0.1) is 0 Å². The number of fused-ring (bicyclic) bond motifs is 5. The monoisotopic (exact) mass is 2170 g/mol. The summed E-state index contributed by atoms with van der Waals surface area (Å²) >= 11 is 2.29. The van der Waals surface area contributed by atoms with Crippen molar-refractivity contribution < 1.29 is 183 Å². The van der Waals surface area contributed by atoms with Crippen molar-refractivity contribution in [3.05, 3.63) is 390 Å². The normalized spacial score (nSPS) is 15.1. The number of halogens is 21. The molecule has 0 fully saturated rings. The van der Waals surface area contributed by atoms with Crippen LogP contribution in [0.1, 0.15) is 112 Å². The molecule has 0 unspecified atom stereocenters. The van der Waals surface area contributed by atoms with Gasteiger partial charge in [-0.2, -0.15) is 13.7 Å². The number of rotatable bonds is 13. The Morgan fingerprint density at radius 1 is 0.455 bits per heavy atom. The van der Waals surface area contributed by atoms with E-state index in [2.05, 4.69) is 410 Å². The van der Waals surface area contributed by atoms with Gasteiger partial charge < -0.3 is 51.3 Å². The molecule has 1 aliphatic heterocycles. The van der Waals surface area contributed by atoms with Crippen LogP contribution in [-0.2, 0) is 19.6 Å². The number of para-hydroxylation sites is 7. The van der Waals surface area contributed by atoms with Gasteiger partial charge in [0.2, 0.25) is 22.2 Å². The Bertz CT molecular complexity index is 6020. The zero-order valence-corrected chi connectivity index (χ0v) is 85.0. The van der Waals surface area contributed by atoms with Crippen molar-refractivity contribution >= 4 is 136 Å². The van der Waals surface area contributed by atoms with Crippen molar-refractivity contribution in [3.8, 4) is 0 Å². The molecule has 2 N–H and O–H groups in total. The fourth-order valence-electron chi connectivity index (χ4n) is 14.3. The van der Waals surface area contributed by atoms with E-state index in [1.807, 2.05) is 42.6 Å². The molecule has 16 rings (SSSR count). The van der Waals surface area contributed by atoms with Crippen LogP contribution in [0.15, 0.2) is 351 Å². The average Bonchev–Trinajstić information content (AvgIpc) is 0.787. The van der Waals surface area contributed by atoms with Gasteiger partial charge in [-0.1, -0.05) is 224 Å². The van der Waals surface area contributed by atoms with Gasteiger partial charge in [-0.05, 0) is 213 Å². The number of benzene rings is 9. The summed E-state index contributed by atoms with van der Waals surface area (Å²) in [4.78, 5) is 10.0. The summed E-state index contributed by atoms with van der Waals surface area (Å²) in [5, 5.41) is 8.73. The zero-order valence-electron chi connectivity index (χ0n) is 74.1. The Hall–Kier alpha value is -8.51. The topological polar surface area (TPSA) is 53.8 Å². The molecule has 32 heteroatoms. The van der Waals surface area contributed by atoms with Crippen molar-refractivity contribution in [1.82, 2.24) is 4.98 Å². The number of allylic oxidation sites excluding steroid dienone is 11. The van der Waals surface area contributed by atoms with Gasteiger partial charge in [0.15, 0.2) is 24.8 Å². The molecular formula is C100H104ClF18I2KN7P3. The molecule has 0 bridgehead atoms. The van der Waals surface area contributed by atoms with Crippen molar-refractivity contribution in [2.75, 3.05) is 21.2 Å². The van der Waals surface area contributed by atoms with Crippen LogP contribution in [0.2, 0.25) is 0 Å². The number of anilines is 2. The fourth-order valence-corrected chi connectivity index (χ4v) is 14.3.